The van der Waals surface area contributed by atoms with E-state index < -0.39 is 29.4 Å². The van der Waals surface area contributed by atoms with Crippen LogP contribution in [0.15, 0.2) is 33.5 Å². The van der Waals surface area contributed by atoms with E-state index in [1.54, 1.807) is 19.1 Å². The summed E-state index contributed by atoms with van der Waals surface area (Å²) in [5.74, 6) is -0.623. The zero-order chi connectivity index (χ0) is 20.4. The monoisotopic (exact) mass is 378 g/mol. The Labute approximate surface area is 157 Å². The van der Waals surface area contributed by atoms with E-state index in [1.807, 2.05) is 6.92 Å². The molecule has 2 N–H and O–H groups in total. The van der Waals surface area contributed by atoms with Crippen molar-refractivity contribution in [1.29, 1.82) is 0 Å². The van der Waals surface area contributed by atoms with E-state index in [-0.39, 0.29) is 11.7 Å². The van der Waals surface area contributed by atoms with Crippen LogP contribution in [0.5, 0.6) is 5.75 Å². The highest BCUT2D eigenvalue weighted by molar-refractivity contribution is 5.79. The van der Waals surface area contributed by atoms with Crippen LogP contribution in [0.3, 0.4) is 0 Å². The van der Waals surface area contributed by atoms with Crippen molar-refractivity contribution >= 4 is 16.9 Å². The van der Waals surface area contributed by atoms with E-state index >= 15 is 0 Å². The maximum atomic E-state index is 12.2. The van der Waals surface area contributed by atoms with Gasteiger partial charge in [0.1, 0.15) is 17.4 Å². The molecule has 0 saturated carbocycles. The van der Waals surface area contributed by atoms with Gasteiger partial charge < -0.3 is 24.1 Å². The number of aliphatic hydroxyl groups is 2. The van der Waals surface area contributed by atoms with Gasteiger partial charge in [-0.2, -0.15) is 0 Å². The molecule has 7 nitrogen and oxygen atoms in total. The number of esters is 1. The van der Waals surface area contributed by atoms with Gasteiger partial charge in [0.05, 0.1) is 18.6 Å². The molecule has 0 bridgehead atoms. The molecule has 3 atom stereocenters. The van der Waals surface area contributed by atoms with E-state index in [0.29, 0.717) is 23.0 Å². The Kier molecular flexibility index (Phi) is 6.28. The van der Waals surface area contributed by atoms with Crippen molar-refractivity contribution in [3.63, 3.8) is 0 Å². The minimum atomic E-state index is -1.51. The summed E-state index contributed by atoms with van der Waals surface area (Å²) >= 11 is 0. The average molecular weight is 378 g/mol. The highest BCUT2D eigenvalue weighted by atomic mass is 16.6. The van der Waals surface area contributed by atoms with Gasteiger partial charge in [0.2, 0.25) is 0 Å². The van der Waals surface area contributed by atoms with Crippen LogP contribution >= 0.6 is 0 Å². The molecule has 0 radical (unpaired) electrons. The number of aliphatic hydroxyl groups excluding tert-OH is 1. The van der Waals surface area contributed by atoms with Gasteiger partial charge in [0.15, 0.2) is 6.10 Å². The second kappa shape index (κ2) is 8.10. The Hall–Kier alpha value is -2.38. The lowest BCUT2D eigenvalue weighted by atomic mass is 9.91. The topological polar surface area (TPSA) is 106 Å². The third-order valence-electron chi connectivity index (χ3n) is 4.53. The Morgan fingerprint density at radius 1 is 1.30 bits per heavy atom. The smallest absolute Gasteiger partial charge is 0.336 e. The molecular weight excluding hydrogens is 352 g/mol. The number of methoxy groups -OCH3 is 1. The van der Waals surface area contributed by atoms with Crippen molar-refractivity contribution in [2.24, 2.45) is 5.92 Å². The standard InChI is InChI=1S/C20H26O7/c1-6-11(2)19(23)27-18(20(3,4)24)17(22)13-9-12-7-8-16(21)26-14(12)10-15(13)25-5/h7-11,17-18,22,24H,6H2,1-5H3/t11-,17-,18+/m1/s1. The van der Waals surface area contributed by atoms with Gasteiger partial charge in [-0.3, -0.25) is 4.79 Å². The van der Waals surface area contributed by atoms with Crippen LogP contribution in [0.2, 0.25) is 0 Å². The first-order chi connectivity index (χ1) is 12.6. The van der Waals surface area contributed by atoms with Crippen molar-refractivity contribution in [2.45, 2.75) is 51.9 Å². The van der Waals surface area contributed by atoms with E-state index in [1.165, 1.54) is 33.1 Å². The number of rotatable bonds is 7. The Morgan fingerprint density at radius 2 is 1.96 bits per heavy atom. The molecule has 0 aliphatic rings. The molecule has 0 amide bonds. The first-order valence-electron chi connectivity index (χ1n) is 8.81. The molecule has 0 fully saturated rings. The molecule has 27 heavy (non-hydrogen) atoms. The third kappa shape index (κ3) is 4.67. The van der Waals surface area contributed by atoms with Crippen LogP contribution in [0.1, 0.15) is 45.8 Å². The average Bonchev–Trinajstić information content (AvgIpc) is 2.62. The normalized spacial score (nSPS) is 15.2. The van der Waals surface area contributed by atoms with Crippen molar-refractivity contribution in [3.8, 4) is 5.75 Å². The zero-order valence-corrected chi connectivity index (χ0v) is 16.2. The summed E-state index contributed by atoms with van der Waals surface area (Å²) in [6.45, 7) is 6.48. The Balaban J connectivity index is 2.50. The van der Waals surface area contributed by atoms with Crippen LogP contribution in [0.4, 0.5) is 0 Å². The van der Waals surface area contributed by atoms with Crippen LogP contribution < -0.4 is 10.4 Å². The van der Waals surface area contributed by atoms with Crippen molar-refractivity contribution in [3.05, 3.63) is 40.2 Å². The SMILES string of the molecule is CC[C@@H](C)C(=O)O[C@@H]([C@H](O)c1cc2ccc(=O)oc2cc1OC)C(C)(C)O. The highest BCUT2D eigenvalue weighted by Gasteiger charge is 2.39. The summed E-state index contributed by atoms with van der Waals surface area (Å²) in [5.41, 5.74) is -1.41. The Bertz CT molecular complexity index is 863. The molecule has 0 unspecified atom stereocenters. The molecule has 0 spiro atoms. The number of benzene rings is 1. The van der Waals surface area contributed by atoms with Crippen LogP contribution in [-0.2, 0) is 9.53 Å². The van der Waals surface area contributed by atoms with Crippen LogP contribution in [0.25, 0.3) is 11.0 Å². The molecule has 1 aromatic heterocycles. The lowest BCUT2D eigenvalue weighted by Crippen LogP contribution is -2.44. The molecule has 2 aromatic rings. The second-order valence-electron chi connectivity index (χ2n) is 7.15. The van der Waals surface area contributed by atoms with Gasteiger partial charge in [-0.1, -0.05) is 13.8 Å². The molecule has 148 valence electrons. The first kappa shape index (κ1) is 20.9. The fourth-order valence-corrected chi connectivity index (χ4v) is 2.69. The van der Waals surface area contributed by atoms with Crippen molar-refractivity contribution < 1.29 is 28.9 Å². The van der Waals surface area contributed by atoms with Gasteiger partial charge in [0.25, 0.3) is 0 Å². The summed E-state index contributed by atoms with van der Waals surface area (Å²) in [4.78, 5) is 23.7. The number of ether oxygens (including phenoxy) is 2. The molecule has 7 heteroatoms. The van der Waals surface area contributed by atoms with Crippen LogP contribution in [-0.4, -0.2) is 35.0 Å². The second-order valence-corrected chi connectivity index (χ2v) is 7.15. The minimum Gasteiger partial charge on any atom is -0.496 e. The maximum absolute atomic E-state index is 12.2. The molecule has 0 aliphatic heterocycles. The van der Waals surface area contributed by atoms with Crippen molar-refractivity contribution in [1.82, 2.24) is 0 Å². The fraction of sp³-hybridized carbons (Fsp3) is 0.500. The lowest BCUT2D eigenvalue weighted by Gasteiger charge is -2.34. The maximum Gasteiger partial charge on any atom is 0.336 e. The van der Waals surface area contributed by atoms with Crippen LogP contribution in [0, 0.1) is 5.92 Å². The summed E-state index contributed by atoms with van der Waals surface area (Å²) in [6, 6.07) is 5.88. The number of hydrogen-bond donors (Lipinski definition) is 2. The van der Waals surface area contributed by atoms with E-state index in [4.69, 9.17) is 13.9 Å². The van der Waals surface area contributed by atoms with Crippen molar-refractivity contribution in [2.75, 3.05) is 7.11 Å². The van der Waals surface area contributed by atoms with E-state index in [0.717, 1.165) is 0 Å². The summed E-state index contributed by atoms with van der Waals surface area (Å²) < 4.78 is 15.9. The van der Waals surface area contributed by atoms with Gasteiger partial charge in [-0.05, 0) is 32.4 Å². The zero-order valence-electron chi connectivity index (χ0n) is 16.2. The summed E-state index contributed by atoms with van der Waals surface area (Å²) in [5, 5.41) is 22.0. The molecule has 1 aromatic carbocycles. The number of hydrogen-bond acceptors (Lipinski definition) is 7. The fourth-order valence-electron chi connectivity index (χ4n) is 2.69. The van der Waals surface area contributed by atoms with E-state index in [2.05, 4.69) is 0 Å². The van der Waals surface area contributed by atoms with Gasteiger partial charge >= 0.3 is 11.6 Å². The molecule has 0 saturated heterocycles. The highest BCUT2D eigenvalue weighted by Crippen LogP contribution is 2.36. The molecule has 0 aliphatic carbocycles. The number of carbonyl (C=O) groups is 1. The molecule has 1 heterocycles. The molecule has 2 rings (SSSR count). The minimum absolute atomic E-state index is 0.248. The predicted octanol–water partition coefficient (Wildman–Crippen LogP) is 2.56. The van der Waals surface area contributed by atoms with Gasteiger partial charge in [-0.15, -0.1) is 0 Å². The predicted molar refractivity (Wildman–Crippen MR) is 99.6 cm³/mol. The quantitative estimate of drug-likeness (QED) is 0.563. The van der Waals surface area contributed by atoms with Gasteiger partial charge in [0, 0.05) is 23.1 Å². The van der Waals surface area contributed by atoms with Gasteiger partial charge in [-0.25, -0.2) is 4.79 Å². The summed E-state index contributed by atoms with van der Waals surface area (Å²) in [7, 11) is 1.41. The van der Waals surface area contributed by atoms with E-state index in [9.17, 15) is 19.8 Å². The number of fused-ring (bicyclic) bond motifs is 1. The molecular formula is C20H26O7. The third-order valence-corrected chi connectivity index (χ3v) is 4.53. The first-order valence-corrected chi connectivity index (χ1v) is 8.81. The largest absolute Gasteiger partial charge is 0.496 e. The summed E-state index contributed by atoms with van der Waals surface area (Å²) in [6.07, 6.45) is -2.00. The Morgan fingerprint density at radius 3 is 2.52 bits per heavy atom. The number of carbonyl (C=O) groups excluding carboxylic acids is 1. The lowest BCUT2D eigenvalue weighted by molar-refractivity contribution is -0.180.